The molecule has 0 aromatic carbocycles. The van der Waals surface area contributed by atoms with Crippen LogP contribution in [0.15, 0.2) is 0 Å². The maximum atomic E-state index is 12.2. The molecule has 0 radical (unpaired) electrons. The maximum absolute atomic E-state index is 12.2. The highest BCUT2D eigenvalue weighted by atomic mass is 35.5. The quantitative estimate of drug-likeness (QED) is 0.730. The first kappa shape index (κ1) is 19.7. The van der Waals surface area contributed by atoms with Crippen LogP contribution in [0.1, 0.15) is 65.2 Å². The van der Waals surface area contributed by atoms with Crippen molar-refractivity contribution >= 4 is 18.3 Å². The van der Waals surface area contributed by atoms with Gasteiger partial charge >= 0.3 is 0 Å². The first-order chi connectivity index (χ1) is 9.15. The molecule has 1 saturated heterocycles. The molecule has 20 heavy (non-hydrogen) atoms. The Morgan fingerprint density at radius 1 is 1.15 bits per heavy atom. The van der Waals surface area contributed by atoms with Crippen molar-refractivity contribution in [1.29, 1.82) is 0 Å². The van der Waals surface area contributed by atoms with E-state index in [1.54, 1.807) is 0 Å². The monoisotopic (exact) mass is 304 g/mol. The summed E-state index contributed by atoms with van der Waals surface area (Å²) in [5.41, 5.74) is 5.47. The molecule has 1 aliphatic heterocycles. The lowest BCUT2D eigenvalue weighted by atomic mass is 9.89. The Hall–Kier alpha value is -0.280. The van der Waals surface area contributed by atoms with Gasteiger partial charge in [-0.25, -0.2) is 0 Å². The largest absolute Gasteiger partial charge is 0.343 e. The molecule has 1 rings (SSSR count). The summed E-state index contributed by atoms with van der Waals surface area (Å²) in [4.78, 5) is 14.3. The van der Waals surface area contributed by atoms with Crippen LogP contribution in [0.2, 0.25) is 0 Å². The van der Waals surface area contributed by atoms with Crippen molar-refractivity contribution in [2.45, 2.75) is 65.2 Å². The van der Waals surface area contributed by atoms with E-state index in [0.717, 1.165) is 57.2 Å². The zero-order chi connectivity index (χ0) is 14.1. The molecule has 0 saturated carbocycles. The summed E-state index contributed by atoms with van der Waals surface area (Å²) < 4.78 is 0. The summed E-state index contributed by atoms with van der Waals surface area (Å²) in [5, 5.41) is 0. The number of hydrogen-bond acceptors (Lipinski definition) is 2. The molecule has 1 aliphatic rings. The number of halogens is 1. The molecular weight excluding hydrogens is 272 g/mol. The van der Waals surface area contributed by atoms with Gasteiger partial charge in [0.25, 0.3) is 0 Å². The molecular formula is C16H33ClN2O. The van der Waals surface area contributed by atoms with Gasteiger partial charge in [0.1, 0.15) is 0 Å². The molecule has 1 heterocycles. The third kappa shape index (κ3) is 7.49. The second kappa shape index (κ2) is 11.4. The fourth-order valence-corrected chi connectivity index (χ4v) is 2.97. The third-order valence-electron chi connectivity index (χ3n) is 4.41. The third-order valence-corrected chi connectivity index (χ3v) is 4.41. The number of carbonyl (C=O) groups is 1. The van der Waals surface area contributed by atoms with Crippen molar-refractivity contribution in [1.82, 2.24) is 4.90 Å². The van der Waals surface area contributed by atoms with Crippen LogP contribution in [0.4, 0.5) is 0 Å². The Morgan fingerprint density at radius 2 is 1.85 bits per heavy atom. The lowest BCUT2D eigenvalue weighted by Crippen LogP contribution is -2.31. The van der Waals surface area contributed by atoms with Gasteiger partial charge in [0.15, 0.2) is 0 Å². The zero-order valence-electron chi connectivity index (χ0n) is 13.3. The molecule has 1 fully saturated rings. The summed E-state index contributed by atoms with van der Waals surface area (Å²) >= 11 is 0. The Morgan fingerprint density at radius 3 is 2.50 bits per heavy atom. The molecule has 0 aliphatic carbocycles. The fraction of sp³-hybridized carbons (Fsp3) is 0.938. The van der Waals surface area contributed by atoms with Crippen LogP contribution >= 0.6 is 12.4 Å². The van der Waals surface area contributed by atoms with Gasteiger partial charge in [-0.05, 0) is 50.5 Å². The van der Waals surface area contributed by atoms with Gasteiger partial charge in [-0.1, -0.05) is 26.7 Å². The van der Waals surface area contributed by atoms with E-state index in [0.29, 0.717) is 5.91 Å². The minimum absolute atomic E-state index is 0. The van der Waals surface area contributed by atoms with Gasteiger partial charge in [-0.2, -0.15) is 0 Å². The minimum Gasteiger partial charge on any atom is -0.343 e. The van der Waals surface area contributed by atoms with Gasteiger partial charge in [-0.15, -0.1) is 12.4 Å². The molecule has 0 bridgehead atoms. The van der Waals surface area contributed by atoms with E-state index in [1.165, 1.54) is 25.7 Å². The van der Waals surface area contributed by atoms with Crippen molar-refractivity contribution in [2.75, 3.05) is 19.6 Å². The Balaban J connectivity index is 0.00000361. The average Bonchev–Trinajstić information content (AvgIpc) is 2.64. The van der Waals surface area contributed by atoms with E-state index in [1.807, 2.05) is 0 Å². The summed E-state index contributed by atoms with van der Waals surface area (Å²) in [5.74, 6) is 1.94. The Bertz CT molecular complexity index is 259. The smallest absolute Gasteiger partial charge is 0.222 e. The first-order valence-electron chi connectivity index (χ1n) is 8.13. The van der Waals surface area contributed by atoms with Crippen LogP contribution in [0.3, 0.4) is 0 Å². The molecule has 120 valence electrons. The van der Waals surface area contributed by atoms with Crippen molar-refractivity contribution in [2.24, 2.45) is 17.6 Å². The van der Waals surface area contributed by atoms with Gasteiger partial charge < -0.3 is 10.6 Å². The number of nitrogens with two attached hydrogens (primary N) is 1. The van der Waals surface area contributed by atoms with Crippen LogP contribution in [0.25, 0.3) is 0 Å². The zero-order valence-corrected chi connectivity index (χ0v) is 14.1. The normalized spacial score (nSPS) is 19.6. The SMILES string of the molecule is CC(C)C1CCCN(C(=O)CCCCCCN)CC1.Cl. The average molecular weight is 305 g/mol. The predicted octanol–water partition coefficient (Wildman–Crippen LogP) is 3.60. The van der Waals surface area contributed by atoms with Crippen molar-refractivity contribution in [3.8, 4) is 0 Å². The first-order valence-corrected chi connectivity index (χ1v) is 8.13. The molecule has 2 N–H and O–H groups in total. The lowest BCUT2D eigenvalue weighted by Gasteiger charge is -2.21. The van der Waals surface area contributed by atoms with Crippen LogP contribution in [-0.2, 0) is 4.79 Å². The number of nitrogens with zero attached hydrogens (tertiary/aromatic N) is 1. The fourth-order valence-electron chi connectivity index (χ4n) is 2.97. The van der Waals surface area contributed by atoms with Crippen LogP contribution < -0.4 is 5.73 Å². The number of likely N-dealkylation sites (tertiary alicyclic amines) is 1. The van der Waals surface area contributed by atoms with Gasteiger partial charge in [-0.3, -0.25) is 4.79 Å². The van der Waals surface area contributed by atoms with Crippen LogP contribution in [0, 0.1) is 11.8 Å². The van der Waals surface area contributed by atoms with Crippen LogP contribution in [0.5, 0.6) is 0 Å². The molecule has 0 aromatic rings. The second-order valence-electron chi connectivity index (χ2n) is 6.27. The molecule has 0 spiro atoms. The highest BCUT2D eigenvalue weighted by Gasteiger charge is 2.21. The molecule has 1 amide bonds. The molecule has 1 atom stereocenters. The van der Waals surface area contributed by atoms with Gasteiger partial charge in [0, 0.05) is 19.5 Å². The van der Waals surface area contributed by atoms with Crippen LogP contribution in [-0.4, -0.2) is 30.4 Å². The van der Waals surface area contributed by atoms with E-state index in [4.69, 9.17) is 5.73 Å². The second-order valence-corrected chi connectivity index (χ2v) is 6.27. The minimum atomic E-state index is 0. The summed E-state index contributed by atoms with van der Waals surface area (Å²) in [6.45, 7) is 7.34. The number of rotatable bonds is 7. The van der Waals surface area contributed by atoms with Crippen molar-refractivity contribution < 1.29 is 4.79 Å². The molecule has 0 aromatic heterocycles. The highest BCUT2D eigenvalue weighted by molar-refractivity contribution is 5.85. The topological polar surface area (TPSA) is 46.3 Å². The summed E-state index contributed by atoms with van der Waals surface area (Å²) in [7, 11) is 0. The van der Waals surface area contributed by atoms with Gasteiger partial charge in [0.05, 0.1) is 0 Å². The van der Waals surface area contributed by atoms with Gasteiger partial charge in [0.2, 0.25) is 5.91 Å². The van der Waals surface area contributed by atoms with E-state index < -0.39 is 0 Å². The number of amides is 1. The molecule has 3 nitrogen and oxygen atoms in total. The Labute approximate surface area is 131 Å². The number of carbonyl (C=O) groups excluding carboxylic acids is 1. The van der Waals surface area contributed by atoms with Crippen molar-refractivity contribution in [3.63, 3.8) is 0 Å². The maximum Gasteiger partial charge on any atom is 0.222 e. The Kier molecular flexibility index (Phi) is 11.2. The van der Waals surface area contributed by atoms with E-state index in [-0.39, 0.29) is 12.4 Å². The standard InChI is InChI=1S/C16H32N2O.ClH/c1-14(2)15-8-7-12-18(13-10-15)16(19)9-5-3-4-6-11-17;/h14-15H,3-13,17H2,1-2H3;1H. The van der Waals surface area contributed by atoms with E-state index in [9.17, 15) is 4.79 Å². The van der Waals surface area contributed by atoms with Crippen molar-refractivity contribution in [3.05, 3.63) is 0 Å². The van der Waals surface area contributed by atoms with E-state index >= 15 is 0 Å². The lowest BCUT2D eigenvalue weighted by molar-refractivity contribution is -0.131. The summed E-state index contributed by atoms with van der Waals surface area (Å²) in [6.07, 6.45) is 8.83. The number of unbranched alkanes of at least 4 members (excludes halogenated alkanes) is 3. The molecule has 1 unspecified atom stereocenters. The van der Waals surface area contributed by atoms with E-state index in [2.05, 4.69) is 18.7 Å². The predicted molar refractivity (Wildman–Crippen MR) is 88.1 cm³/mol. The molecule has 4 heteroatoms. The number of hydrogen-bond donors (Lipinski definition) is 1. The highest BCUT2D eigenvalue weighted by Crippen LogP contribution is 2.24. The summed E-state index contributed by atoms with van der Waals surface area (Å²) in [6, 6.07) is 0.